The second-order valence-corrected chi connectivity index (χ2v) is 9.14. The van der Waals surface area contributed by atoms with Gasteiger partial charge in [0.2, 0.25) is 0 Å². The summed E-state index contributed by atoms with van der Waals surface area (Å²) in [6.45, 7) is 0.924. The number of rotatable bonds is 4. The zero-order valence-electron chi connectivity index (χ0n) is 17.6. The lowest BCUT2D eigenvalue weighted by Gasteiger charge is -2.59. The number of likely N-dealkylation sites (tertiary alicyclic amines) is 1. The molecule has 1 unspecified atom stereocenters. The van der Waals surface area contributed by atoms with Crippen molar-refractivity contribution in [2.75, 3.05) is 13.7 Å². The Bertz CT molecular complexity index is 886. The van der Waals surface area contributed by atoms with E-state index in [1.807, 2.05) is 24.3 Å². The van der Waals surface area contributed by atoms with Gasteiger partial charge >= 0.3 is 0 Å². The highest BCUT2D eigenvalue weighted by molar-refractivity contribution is 5.85. The molecule has 0 spiro atoms. The zero-order valence-corrected chi connectivity index (χ0v) is 18.4. The van der Waals surface area contributed by atoms with Gasteiger partial charge in [-0.1, -0.05) is 31.0 Å². The van der Waals surface area contributed by atoms with Gasteiger partial charge in [0, 0.05) is 24.4 Å². The number of aliphatic hydroxyl groups excluding tert-OH is 1. The van der Waals surface area contributed by atoms with Crippen molar-refractivity contribution in [3.8, 4) is 11.5 Å². The lowest BCUT2D eigenvalue weighted by molar-refractivity contribution is -0.0983. The molecule has 0 amide bonds. The van der Waals surface area contributed by atoms with Crippen LogP contribution in [0.1, 0.15) is 48.8 Å². The van der Waals surface area contributed by atoms with Crippen LogP contribution in [0.3, 0.4) is 0 Å². The number of hydrogen-bond acceptors (Lipinski definition) is 4. The Morgan fingerprint density at radius 3 is 2.70 bits per heavy atom. The van der Waals surface area contributed by atoms with E-state index in [9.17, 15) is 10.2 Å². The summed E-state index contributed by atoms with van der Waals surface area (Å²) < 4.78 is 5.25. The van der Waals surface area contributed by atoms with Gasteiger partial charge in [-0.05, 0) is 72.6 Å². The number of piperidine rings is 1. The predicted molar refractivity (Wildman–Crippen MR) is 121 cm³/mol. The number of aliphatic hydroxyl groups is 1. The molecule has 5 rings (SSSR count). The van der Waals surface area contributed by atoms with Crippen molar-refractivity contribution < 1.29 is 14.9 Å². The number of methoxy groups -OCH3 is 1. The summed E-state index contributed by atoms with van der Waals surface area (Å²) in [5.41, 5.74) is 4.08. The van der Waals surface area contributed by atoms with Crippen molar-refractivity contribution in [2.45, 2.75) is 62.6 Å². The molecule has 2 aromatic carbocycles. The van der Waals surface area contributed by atoms with Crippen LogP contribution < -0.4 is 4.74 Å². The number of hydrogen-bond donors (Lipinski definition) is 2. The lowest BCUT2D eigenvalue weighted by Crippen LogP contribution is -2.63. The summed E-state index contributed by atoms with van der Waals surface area (Å²) in [6.07, 6.45) is 7.21. The van der Waals surface area contributed by atoms with E-state index in [2.05, 4.69) is 23.1 Å². The Morgan fingerprint density at radius 2 is 1.93 bits per heavy atom. The maximum atomic E-state index is 11.2. The van der Waals surface area contributed by atoms with Crippen LogP contribution in [0.25, 0.3) is 0 Å². The Kier molecular flexibility index (Phi) is 6.02. The number of ether oxygens (including phenoxy) is 1. The van der Waals surface area contributed by atoms with Crippen LogP contribution in [0.4, 0.5) is 0 Å². The van der Waals surface area contributed by atoms with Gasteiger partial charge in [-0.15, -0.1) is 12.4 Å². The summed E-state index contributed by atoms with van der Waals surface area (Å²) in [6, 6.07) is 14.4. The Hall–Kier alpha value is -1.75. The van der Waals surface area contributed by atoms with Gasteiger partial charge < -0.3 is 14.9 Å². The maximum absolute atomic E-state index is 11.2. The summed E-state index contributed by atoms with van der Waals surface area (Å²) in [7, 11) is 1.68. The first-order valence-corrected chi connectivity index (χ1v) is 11.0. The van der Waals surface area contributed by atoms with Gasteiger partial charge in [-0.3, -0.25) is 4.90 Å². The fourth-order valence-corrected chi connectivity index (χ4v) is 6.48. The Morgan fingerprint density at radius 1 is 1.13 bits per heavy atom. The SMILES string of the molecule is COc1ccc(CC(O)N2CC[C@@]34CCCC[C@H]3[C@@H]2Cc2ccc(O)cc24)cc1.Cl. The molecule has 30 heavy (non-hydrogen) atoms. The largest absolute Gasteiger partial charge is 0.508 e. The molecule has 1 heterocycles. The first-order valence-electron chi connectivity index (χ1n) is 11.0. The standard InChI is InChI=1S/C25H31NO3.ClH/c1-29-20-9-5-17(6-10-20)14-24(28)26-13-12-25-11-3-2-4-21(25)23(26)15-18-7-8-19(27)16-22(18)25;/h5-10,16,21,23-24,27-28H,2-4,11-15H2,1H3;1H/t21-,23-,24?,25-;/m0./s1. The van der Waals surface area contributed by atoms with E-state index in [-0.39, 0.29) is 17.8 Å². The van der Waals surface area contributed by atoms with Crippen LogP contribution in [-0.2, 0) is 18.3 Å². The normalized spacial score (nSPS) is 28.6. The van der Waals surface area contributed by atoms with Crippen LogP contribution in [0.2, 0.25) is 0 Å². The summed E-state index contributed by atoms with van der Waals surface area (Å²) in [5, 5.41) is 21.4. The topological polar surface area (TPSA) is 52.9 Å². The van der Waals surface area contributed by atoms with E-state index in [0.29, 0.717) is 24.1 Å². The van der Waals surface area contributed by atoms with Crippen LogP contribution in [0.5, 0.6) is 11.5 Å². The minimum Gasteiger partial charge on any atom is -0.508 e. The van der Waals surface area contributed by atoms with Gasteiger partial charge in [0.25, 0.3) is 0 Å². The van der Waals surface area contributed by atoms with Gasteiger partial charge in [-0.25, -0.2) is 0 Å². The molecule has 3 aliphatic rings. The Balaban J connectivity index is 0.00000218. The second kappa shape index (κ2) is 8.41. The van der Waals surface area contributed by atoms with E-state index < -0.39 is 6.23 Å². The van der Waals surface area contributed by atoms with Crippen molar-refractivity contribution in [2.24, 2.45) is 5.92 Å². The van der Waals surface area contributed by atoms with Crippen molar-refractivity contribution in [1.29, 1.82) is 0 Å². The zero-order chi connectivity index (χ0) is 20.0. The molecule has 0 radical (unpaired) electrons. The van der Waals surface area contributed by atoms with Crippen molar-refractivity contribution in [3.05, 3.63) is 59.2 Å². The minimum atomic E-state index is -0.466. The smallest absolute Gasteiger partial charge is 0.118 e. The molecule has 0 aromatic heterocycles. The van der Waals surface area contributed by atoms with Crippen LogP contribution >= 0.6 is 12.4 Å². The molecule has 2 bridgehead atoms. The summed E-state index contributed by atoms with van der Waals surface area (Å²) in [5.74, 6) is 1.81. The highest BCUT2D eigenvalue weighted by Crippen LogP contribution is 2.56. The Labute approximate surface area is 185 Å². The van der Waals surface area contributed by atoms with Crippen LogP contribution in [0.15, 0.2) is 42.5 Å². The lowest BCUT2D eigenvalue weighted by atomic mass is 9.52. The number of benzene rings is 2. The molecule has 162 valence electrons. The molecule has 1 saturated heterocycles. The number of halogens is 1. The van der Waals surface area contributed by atoms with E-state index in [1.54, 1.807) is 7.11 Å². The number of fused-ring (bicyclic) bond motifs is 1. The number of phenolic OH excluding ortho intramolecular Hbond substituents is 1. The first-order chi connectivity index (χ1) is 14.1. The third kappa shape index (κ3) is 3.49. The first kappa shape index (κ1) is 21.5. The van der Waals surface area contributed by atoms with Crippen LogP contribution in [-0.4, -0.2) is 41.0 Å². The number of nitrogens with zero attached hydrogens (tertiary/aromatic N) is 1. The van der Waals surface area contributed by atoms with E-state index in [0.717, 1.165) is 30.7 Å². The molecule has 2 aliphatic carbocycles. The highest BCUT2D eigenvalue weighted by Gasteiger charge is 2.54. The van der Waals surface area contributed by atoms with Crippen molar-refractivity contribution in [3.63, 3.8) is 0 Å². The van der Waals surface area contributed by atoms with E-state index in [4.69, 9.17) is 4.74 Å². The summed E-state index contributed by atoms with van der Waals surface area (Å²) in [4.78, 5) is 2.37. The molecule has 2 fully saturated rings. The number of aromatic hydroxyl groups is 1. The van der Waals surface area contributed by atoms with Crippen molar-refractivity contribution >= 4 is 12.4 Å². The van der Waals surface area contributed by atoms with E-state index >= 15 is 0 Å². The molecule has 2 aromatic rings. The number of phenols is 1. The molecule has 4 atom stereocenters. The predicted octanol–water partition coefficient (Wildman–Crippen LogP) is 4.44. The van der Waals surface area contributed by atoms with Crippen LogP contribution in [0, 0.1) is 5.92 Å². The third-order valence-electron chi connectivity index (χ3n) is 7.82. The summed E-state index contributed by atoms with van der Waals surface area (Å²) >= 11 is 0. The fourth-order valence-electron chi connectivity index (χ4n) is 6.48. The average molecular weight is 430 g/mol. The monoisotopic (exact) mass is 429 g/mol. The maximum Gasteiger partial charge on any atom is 0.118 e. The molecule has 2 N–H and O–H groups in total. The minimum absolute atomic E-state index is 0. The third-order valence-corrected chi connectivity index (χ3v) is 7.82. The van der Waals surface area contributed by atoms with Gasteiger partial charge in [0.1, 0.15) is 17.7 Å². The van der Waals surface area contributed by atoms with Gasteiger partial charge in [0.15, 0.2) is 0 Å². The average Bonchev–Trinajstić information content (AvgIpc) is 2.75. The fraction of sp³-hybridized carbons (Fsp3) is 0.520. The molecule has 4 nitrogen and oxygen atoms in total. The quantitative estimate of drug-likeness (QED) is 0.754. The van der Waals surface area contributed by atoms with Gasteiger partial charge in [0.05, 0.1) is 7.11 Å². The highest BCUT2D eigenvalue weighted by atomic mass is 35.5. The van der Waals surface area contributed by atoms with Crippen molar-refractivity contribution in [1.82, 2.24) is 4.90 Å². The molecule has 5 heteroatoms. The molecule has 1 aliphatic heterocycles. The van der Waals surface area contributed by atoms with Gasteiger partial charge in [-0.2, -0.15) is 0 Å². The molecular formula is C25H32ClNO3. The van der Waals surface area contributed by atoms with E-state index in [1.165, 1.54) is 36.8 Å². The second-order valence-electron chi connectivity index (χ2n) is 9.14. The molecule has 1 saturated carbocycles. The molecular weight excluding hydrogens is 398 g/mol.